The van der Waals surface area contributed by atoms with Crippen molar-refractivity contribution in [1.29, 1.82) is 0 Å². The molecule has 170 valence electrons. The topological polar surface area (TPSA) is 152 Å². The van der Waals surface area contributed by atoms with Crippen molar-refractivity contribution < 1.29 is 14.3 Å². The number of fused-ring (bicyclic) bond motifs is 1. The number of rotatable bonds is 6. The molecule has 4 aromatic rings. The van der Waals surface area contributed by atoms with Crippen LogP contribution in [0.2, 0.25) is 0 Å². The molecule has 12 nitrogen and oxygen atoms in total. The van der Waals surface area contributed by atoms with E-state index in [9.17, 15) is 14.7 Å². The molecule has 4 heterocycles. The molecule has 0 radical (unpaired) electrons. The molecule has 1 aliphatic rings. The van der Waals surface area contributed by atoms with Crippen LogP contribution in [0, 0.1) is 6.92 Å². The van der Waals surface area contributed by atoms with Crippen LogP contribution < -0.4 is 21.5 Å². The van der Waals surface area contributed by atoms with E-state index in [-0.39, 0.29) is 34.8 Å². The lowest BCUT2D eigenvalue weighted by molar-refractivity contribution is 0.0448. The predicted octanol–water partition coefficient (Wildman–Crippen LogP) is 1.22. The summed E-state index contributed by atoms with van der Waals surface area (Å²) in [5, 5.41) is 22.9. The molecule has 1 amide bonds. The molecule has 1 fully saturated rings. The number of carbonyl (C=O) groups excluding carboxylic acids is 1. The van der Waals surface area contributed by atoms with Crippen LogP contribution in [0.15, 0.2) is 46.1 Å². The van der Waals surface area contributed by atoms with Crippen molar-refractivity contribution in [3.05, 3.63) is 58.5 Å². The first-order valence-corrected chi connectivity index (χ1v) is 10.4. The molecule has 1 aliphatic carbocycles. The van der Waals surface area contributed by atoms with Gasteiger partial charge in [0.1, 0.15) is 29.1 Å². The molecule has 0 aliphatic heterocycles. The van der Waals surface area contributed by atoms with E-state index in [1.54, 1.807) is 38.4 Å². The van der Waals surface area contributed by atoms with Crippen LogP contribution in [0.4, 0.5) is 17.3 Å². The number of aryl methyl sites for hydroxylation is 1. The van der Waals surface area contributed by atoms with Gasteiger partial charge in [0, 0.05) is 19.3 Å². The van der Waals surface area contributed by atoms with Gasteiger partial charge in [-0.2, -0.15) is 14.6 Å². The first kappa shape index (κ1) is 20.7. The number of nitrogens with one attached hydrogen (secondary N) is 3. The zero-order valence-electron chi connectivity index (χ0n) is 17.9. The first-order valence-electron chi connectivity index (χ1n) is 10.4. The third-order valence-corrected chi connectivity index (χ3v) is 5.55. The summed E-state index contributed by atoms with van der Waals surface area (Å²) in [6.45, 7) is 1.77. The zero-order valence-corrected chi connectivity index (χ0v) is 17.9. The van der Waals surface area contributed by atoms with E-state index >= 15 is 0 Å². The van der Waals surface area contributed by atoms with Crippen molar-refractivity contribution in [3.63, 3.8) is 0 Å². The Morgan fingerprint density at radius 1 is 1.30 bits per heavy atom. The third kappa shape index (κ3) is 3.69. The molecular formula is C21H22N8O4. The Labute approximate surface area is 187 Å². The summed E-state index contributed by atoms with van der Waals surface area (Å²) in [5.74, 6) is 0.523. The Morgan fingerprint density at radius 2 is 2.15 bits per heavy atom. The summed E-state index contributed by atoms with van der Waals surface area (Å²) in [4.78, 5) is 34.4. The summed E-state index contributed by atoms with van der Waals surface area (Å²) in [6.07, 6.45) is 5.29. The summed E-state index contributed by atoms with van der Waals surface area (Å²) in [6, 6.07) is 4.85. The SMILES string of the molecule is CNc1cc(Nc2cccn(-c3nc(C)co3)c2=O)nc2c(C(=O)N[C@@H]3CC[C@@H]3O)cnn12. The fourth-order valence-corrected chi connectivity index (χ4v) is 3.59. The number of nitrogens with zero attached hydrogens (tertiary/aromatic N) is 5. The van der Waals surface area contributed by atoms with Crippen LogP contribution in [0.3, 0.4) is 0 Å². The summed E-state index contributed by atoms with van der Waals surface area (Å²) < 4.78 is 8.12. The van der Waals surface area contributed by atoms with Crippen LogP contribution in [0.1, 0.15) is 28.9 Å². The van der Waals surface area contributed by atoms with E-state index in [2.05, 4.69) is 31.0 Å². The fourth-order valence-electron chi connectivity index (χ4n) is 3.59. The largest absolute Gasteiger partial charge is 0.431 e. The second-order valence-electron chi connectivity index (χ2n) is 7.79. The number of amides is 1. The number of anilines is 3. The number of oxazole rings is 1. The third-order valence-electron chi connectivity index (χ3n) is 5.55. The van der Waals surface area contributed by atoms with E-state index < -0.39 is 6.10 Å². The quantitative estimate of drug-likeness (QED) is 0.340. The lowest BCUT2D eigenvalue weighted by atomic mass is 9.89. The number of pyridine rings is 1. The van der Waals surface area contributed by atoms with Crippen LogP contribution in [-0.4, -0.2) is 54.4 Å². The molecule has 0 spiro atoms. The Kier molecular flexibility index (Phi) is 5.05. The van der Waals surface area contributed by atoms with Crippen LogP contribution in [0.5, 0.6) is 0 Å². The molecule has 33 heavy (non-hydrogen) atoms. The van der Waals surface area contributed by atoms with E-state index in [0.29, 0.717) is 29.4 Å². The summed E-state index contributed by atoms with van der Waals surface area (Å²) in [7, 11) is 1.71. The van der Waals surface area contributed by atoms with Crippen molar-refractivity contribution >= 4 is 28.9 Å². The highest BCUT2D eigenvalue weighted by Gasteiger charge is 2.31. The van der Waals surface area contributed by atoms with Gasteiger partial charge < -0.3 is 25.5 Å². The van der Waals surface area contributed by atoms with Crippen LogP contribution >= 0.6 is 0 Å². The monoisotopic (exact) mass is 450 g/mol. The lowest BCUT2D eigenvalue weighted by Crippen LogP contribution is -2.50. The number of aromatic nitrogens is 5. The molecular weight excluding hydrogens is 428 g/mol. The first-order chi connectivity index (χ1) is 15.9. The van der Waals surface area contributed by atoms with E-state index in [0.717, 1.165) is 6.42 Å². The number of aliphatic hydroxyl groups is 1. The van der Waals surface area contributed by atoms with Crippen LogP contribution in [-0.2, 0) is 0 Å². The second-order valence-corrected chi connectivity index (χ2v) is 7.79. The normalized spacial score (nSPS) is 17.5. The van der Waals surface area contributed by atoms with Gasteiger partial charge in [0.15, 0.2) is 5.65 Å². The van der Waals surface area contributed by atoms with Crippen molar-refractivity contribution in [3.8, 4) is 6.01 Å². The van der Waals surface area contributed by atoms with E-state index in [1.165, 1.54) is 21.5 Å². The van der Waals surface area contributed by atoms with Gasteiger partial charge in [0.25, 0.3) is 11.5 Å². The summed E-state index contributed by atoms with van der Waals surface area (Å²) in [5.41, 5.74) is 1.08. The maximum Gasteiger partial charge on any atom is 0.308 e. The van der Waals surface area contributed by atoms with Crippen molar-refractivity contribution in [2.45, 2.75) is 31.9 Å². The Hall–Kier alpha value is -4.19. The minimum atomic E-state index is -0.540. The molecule has 5 rings (SSSR count). The van der Waals surface area contributed by atoms with E-state index in [1.807, 2.05) is 0 Å². The number of hydrogen-bond donors (Lipinski definition) is 4. The summed E-state index contributed by atoms with van der Waals surface area (Å²) >= 11 is 0. The standard InChI is InChI=1S/C21H22N8O4/c1-11-10-33-21(24-11)28-7-3-4-14(20(28)32)25-16-8-17(22-2)29-18(27-16)12(9-23-29)19(31)26-13-5-6-15(13)30/h3-4,7-10,13,15,22,30H,5-6H2,1-2H3,(H,25,27)(H,26,31)/t13-,15+/m1/s1. The van der Waals surface area contributed by atoms with Crippen molar-refractivity contribution in [1.82, 2.24) is 29.5 Å². The number of carbonyl (C=O) groups is 1. The molecule has 4 aromatic heterocycles. The van der Waals surface area contributed by atoms with Crippen LogP contribution in [0.25, 0.3) is 11.7 Å². The smallest absolute Gasteiger partial charge is 0.308 e. The van der Waals surface area contributed by atoms with Gasteiger partial charge in [-0.1, -0.05) is 0 Å². The Morgan fingerprint density at radius 3 is 2.82 bits per heavy atom. The van der Waals surface area contributed by atoms with E-state index in [4.69, 9.17) is 4.42 Å². The highest BCUT2D eigenvalue weighted by atomic mass is 16.4. The minimum absolute atomic E-state index is 0.161. The molecule has 4 N–H and O–H groups in total. The average Bonchev–Trinajstić information content (AvgIpc) is 3.43. The van der Waals surface area contributed by atoms with Gasteiger partial charge in [-0.05, 0) is 31.9 Å². The van der Waals surface area contributed by atoms with Gasteiger partial charge in [0.05, 0.1) is 24.0 Å². The maximum absolute atomic E-state index is 13.0. The number of hydrogen-bond acceptors (Lipinski definition) is 9. The zero-order chi connectivity index (χ0) is 23.1. The van der Waals surface area contributed by atoms with Gasteiger partial charge in [-0.3, -0.25) is 9.59 Å². The lowest BCUT2D eigenvalue weighted by Gasteiger charge is -2.32. The molecule has 2 atom stereocenters. The fraction of sp³-hybridized carbons (Fsp3) is 0.286. The Bertz CT molecular complexity index is 1410. The number of aliphatic hydroxyl groups excluding tert-OH is 1. The molecule has 0 aromatic carbocycles. The second kappa shape index (κ2) is 8.06. The maximum atomic E-state index is 13.0. The molecule has 0 saturated heterocycles. The minimum Gasteiger partial charge on any atom is -0.431 e. The van der Waals surface area contributed by atoms with Gasteiger partial charge >= 0.3 is 6.01 Å². The van der Waals surface area contributed by atoms with Gasteiger partial charge in [-0.25, -0.2) is 9.55 Å². The van der Waals surface area contributed by atoms with Crippen molar-refractivity contribution in [2.24, 2.45) is 0 Å². The predicted molar refractivity (Wildman–Crippen MR) is 119 cm³/mol. The highest BCUT2D eigenvalue weighted by Crippen LogP contribution is 2.23. The average molecular weight is 450 g/mol. The van der Waals surface area contributed by atoms with Gasteiger partial charge in [-0.15, -0.1) is 0 Å². The molecule has 12 heteroatoms. The highest BCUT2D eigenvalue weighted by molar-refractivity contribution is 6.00. The van der Waals surface area contributed by atoms with Crippen molar-refractivity contribution in [2.75, 3.05) is 17.7 Å². The van der Waals surface area contributed by atoms with Gasteiger partial charge in [0.2, 0.25) is 0 Å². The Balaban J connectivity index is 1.50. The molecule has 0 bridgehead atoms. The molecule has 0 unspecified atom stereocenters. The molecule has 1 saturated carbocycles.